The average Bonchev–Trinajstić information content (AvgIpc) is 2.54. The molecule has 0 unspecified atom stereocenters. The van der Waals surface area contributed by atoms with Crippen LogP contribution in [-0.4, -0.2) is 22.2 Å². The Balaban J connectivity index is 1.87. The number of aliphatic hydroxyl groups is 1. The van der Waals surface area contributed by atoms with Gasteiger partial charge in [0.1, 0.15) is 0 Å². The molecule has 0 spiro atoms. The summed E-state index contributed by atoms with van der Waals surface area (Å²) in [5, 5.41) is 16.6. The van der Waals surface area contributed by atoms with Gasteiger partial charge in [0, 0.05) is 11.9 Å². The smallest absolute Gasteiger partial charge is 0.182 e. The van der Waals surface area contributed by atoms with Gasteiger partial charge in [-0.05, 0) is 19.8 Å². The van der Waals surface area contributed by atoms with Crippen LogP contribution in [0.2, 0.25) is 0 Å². The quantitative estimate of drug-likeness (QED) is 0.798. The van der Waals surface area contributed by atoms with Gasteiger partial charge < -0.3 is 10.4 Å². The van der Waals surface area contributed by atoms with Crippen molar-refractivity contribution in [2.75, 3.05) is 11.9 Å². The summed E-state index contributed by atoms with van der Waals surface area (Å²) in [7, 11) is 0. The molecule has 4 heteroatoms. The van der Waals surface area contributed by atoms with E-state index in [9.17, 15) is 5.11 Å². The van der Waals surface area contributed by atoms with E-state index in [1.54, 1.807) is 11.3 Å². The highest BCUT2D eigenvalue weighted by atomic mass is 32.1. The zero-order valence-electron chi connectivity index (χ0n) is 9.83. The summed E-state index contributed by atoms with van der Waals surface area (Å²) in [6.45, 7) is 2.63. The largest absolute Gasteiger partial charge is 0.388 e. The van der Waals surface area contributed by atoms with Crippen molar-refractivity contribution in [3.63, 3.8) is 0 Å². The minimum absolute atomic E-state index is 0.518. The van der Waals surface area contributed by atoms with Crippen LogP contribution in [-0.2, 0) is 0 Å². The van der Waals surface area contributed by atoms with Gasteiger partial charge in [0.2, 0.25) is 0 Å². The first-order valence-electron chi connectivity index (χ1n) is 6.06. The van der Waals surface area contributed by atoms with Crippen molar-refractivity contribution in [1.82, 2.24) is 4.98 Å². The molecule has 1 fully saturated rings. The Morgan fingerprint density at radius 2 is 2.06 bits per heavy atom. The van der Waals surface area contributed by atoms with Gasteiger partial charge in [-0.15, -0.1) is 11.3 Å². The number of anilines is 1. The van der Waals surface area contributed by atoms with E-state index in [2.05, 4.69) is 10.3 Å². The fourth-order valence-electron chi connectivity index (χ4n) is 2.24. The van der Waals surface area contributed by atoms with Crippen molar-refractivity contribution >= 4 is 16.5 Å². The first-order chi connectivity index (χ1) is 7.68. The van der Waals surface area contributed by atoms with E-state index in [0.717, 1.165) is 36.5 Å². The molecule has 0 atom stereocenters. The third kappa shape index (κ3) is 3.19. The third-order valence-corrected chi connectivity index (χ3v) is 4.14. The SMILES string of the molecule is Cc1csc(NCC2(O)CCCCCC2)n1. The number of hydrogen-bond donors (Lipinski definition) is 2. The monoisotopic (exact) mass is 240 g/mol. The van der Waals surface area contributed by atoms with E-state index in [1.807, 2.05) is 12.3 Å². The average molecular weight is 240 g/mol. The maximum Gasteiger partial charge on any atom is 0.182 e. The zero-order chi connectivity index (χ0) is 11.4. The van der Waals surface area contributed by atoms with Crippen molar-refractivity contribution < 1.29 is 5.11 Å². The number of nitrogens with one attached hydrogen (secondary N) is 1. The summed E-state index contributed by atoms with van der Waals surface area (Å²) < 4.78 is 0. The van der Waals surface area contributed by atoms with Crippen molar-refractivity contribution in [2.45, 2.75) is 51.0 Å². The van der Waals surface area contributed by atoms with Gasteiger partial charge in [-0.25, -0.2) is 4.98 Å². The van der Waals surface area contributed by atoms with Crippen LogP contribution in [0.5, 0.6) is 0 Å². The molecule has 2 rings (SSSR count). The highest BCUT2D eigenvalue weighted by Crippen LogP contribution is 2.27. The number of rotatable bonds is 3. The molecule has 1 aromatic heterocycles. The topological polar surface area (TPSA) is 45.1 Å². The molecule has 0 bridgehead atoms. The van der Waals surface area contributed by atoms with Crippen LogP contribution in [0, 0.1) is 6.92 Å². The van der Waals surface area contributed by atoms with Gasteiger partial charge in [0.15, 0.2) is 5.13 Å². The molecule has 1 aliphatic carbocycles. The van der Waals surface area contributed by atoms with Gasteiger partial charge >= 0.3 is 0 Å². The molecule has 1 saturated carbocycles. The summed E-state index contributed by atoms with van der Waals surface area (Å²) in [4.78, 5) is 4.35. The Hall–Kier alpha value is -0.610. The maximum atomic E-state index is 10.4. The molecule has 90 valence electrons. The Morgan fingerprint density at radius 1 is 1.38 bits per heavy atom. The molecule has 0 aliphatic heterocycles. The van der Waals surface area contributed by atoms with Crippen molar-refractivity contribution in [3.05, 3.63) is 11.1 Å². The van der Waals surface area contributed by atoms with Gasteiger partial charge in [-0.2, -0.15) is 0 Å². The molecule has 16 heavy (non-hydrogen) atoms. The third-order valence-electron chi connectivity index (χ3n) is 3.22. The van der Waals surface area contributed by atoms with Crippen molar-refractivity contribution in [2.24, 2.45) is 0 Å². The molecule has 0 saturated heterocycles. The molecule has 1 aliphatic rings. The number of hydrogen-bond acceptors (Lipinski definition) is 4. The molecule has 3 nitrogen and oxygen atoms in total. The second kappa shape index (κ2) is 5.15. The van der Waals surface area contributed by atoms with E-state index in [0.29, 0.717) is 6.54 Å². The lowest BCUT2D eigenvalue weighted by atomic mass is 9.95. The zero-order valence-corrected chi connectivity index (χ0v) is 10.6. The molecular formula is C12H20N2OS. The molecular weight excluding hydrogens is 220 g/mol. The van der Waals surface area contributed by atoms with Gasteiger partial charge in [-0.3, -0.25) is 0 Å². The predicted octanol–water partition coefficient (Wildman–Crippen LogP) is 2.95. The van der Waals surface area contributed by atoms with Crippen molar-refractivity contribution in [1.29, 1.82) is 0 Å². The Kier molecular flexibility index (Phi) is 3.82. The lowest BCUT2D eigenvalue weighted by Gasteiger charge is -2.26. The Morgan fingerprint density at radius 3 is 2.62 bits per heavy atom. The first kappa shape index (κ1) is 11.9. The summed E-state index contributed by atoms with van der Waals surface area (Å²) >= 11 is 1.61. The fourth-order valence-corrected chi connectivity index (χ4v) is 2.93. The normalized spacial score (nSPS) is 20.4. The molecule has 1 heterocycles. The van der Waals surface area contributed by atoms with Crippen LogP contribution < -0.4 is 5.32 Å². The van der Waals surface area contributed by atoms with Crippen molar-refractivity contribution in [3.8, 4) is 0 Å². The van der Waals surface area contributed by atoms with E-state index < -0.39 is 5.60 Å². The van der Waals surface area contributed by atoms with E-state index >= 15 is 0 Å². The van der Waals surface area contributed by atoms with E-state index in [-0.39, 0.29) is 0 Å². The number of aromatic nitrogens is 1. The van der Waals surface area contributed by atoms with Crippen LogP contribution in [0.15, 0.2) is 5.38 Å². The standard InChI is InChI=1S/C12H20N2OS/c1-10-8-16-11(14-10)13-9-12(15)6-4-2-3-5-7-12/h8,15H,2-7,9H2,1H3,(H,13,14). The maximum absolute atomic E-state index is 10.4. The minimum Gasteiger partial charge on any atom is -0.388 e. The highest BCUT2D eigenvalue weighted by molar-refractivity contribution is 7.13. The van der Waals surface area contributed by atoms with Gasteiger partial charge in [0.05, 0.1) is 11.3 Å². The number of thiazole rings is 1. The summed E-state index contributed by atoms with van der Waals surface area (Å²) in [6, 6.07) is 0. The van der Waals surface area contributed by atoms with E-state index in [1.165, 1.54) is 12.8 Å². The highest BCUT2D eigenvalue weighted by Gasteiger charge is 2.27. The fraction of sp³-hybridized carbons (Fsp3) is 0.750. The molecule has 0 aromatic carbocycles. The number of aryl methyl sites for hydroxylation is 1. The molecule has 2 N–H and O–H groups in total. The predicted molar refractivity (Wildman–Crippen MR) is 68.0 cm³/mol. The summed E-state index contributed by atoms with van der Waals surface area (Å²) in [5.74, 6) is 0. The lowest BCUT2D eigenvalue weighted by molar-refractivity contribution is 0.0381. The minimum atomic E-state index is -0.518. The van der Waals surface area contributed by atoms with Crippen LogP contribution in [0.4, 0.5) is 5.13 Å². The van der Waals surface area contributed by atoms with Crippen LogP contribution in [0.3, 0.4) is 0 Å². The molecule has 0 amide bonds. The second-order valence-electron chi connectivity index (χ2n) is 4.79. The first-order valence-corrected chi connectivity index (χ1v) is 6.94. The Labute approximate surface area is 101 Å². The van der Waals surface area contributed by atoms with Crippen LogP contribution >= 0.6 is 11.3 Å². The van der Waals surface area contributed by atoms with Crippen LogP contribution in [0.1, 0.15) is 44.2 Å². The molecule has 0 radical (unpaired) electrons. The second-order valence-corrected chi connectivity index (χ2v) is 5.64. The summed E-state index contributed by atoms with van der Waals surface area (Å²) in [6.07, 6.45) is 6.66. The number of nitrogens with zero attached hydrogens (tertiary/aromatic N) is 1. The van der Waals surface area contributed by atoms with E-state index in [4.69, 9.17) is 0 Å². The molecule has 1 aromatic rings. The van der Waals surface area contributed by atoms with Gasteiger partial charge in [-0.1, -0.05) is 25.7 Å². The van der Waals surface area contributed by atoms with Crippen LogP contribution in [0.25, 0.3) is 0 Å². The lowest BCUT2D eigenvalue weighted by Crippen LogP contribution is -2.36. The Bertz CT molecular complexity index is 330. The summed E-state index contributed by atoms with van der Waals surface area (Å²) in [5.41, 5.74) is 0.524. The van der Waals surface area contributed by atoms with Gasteiger partial charge in [0.25, 0.3) is 0 Å².